The van der Waals surface area contributed by atoms with Gasteiger partial charge in [-0.2, -0.15) is 0 Å². The van der Waals surface area contributed by atoms with Crippen LogP contribution in [0.25, 0.3) is 0 Å². The Morgan fingerprint density at radius 3 is 1.48 bits per heavy atom. The lowest BCUT2D eigenvalue weighted by molar-refractivity contribution is 0.385. The normalized spacial score (nSPS) is 13.6. The van der Waals surface area contributed by atoms with Gasteiger partial charge in [-0.25, -0.2) is 0 Å². The Morgan fingerprint density at radius 2 is 1.19 bits per heavy atom. The molecule has 0 radical (unpaired) electrons. The Balaban J connectivity index is 4.10. The van der Waals surface area contributed by atoms with Crippen LogP contribution in [0.1, 0.15) is 63.8 Å². The first-order valence-corrected chi connectivity index (χ1v) is 8.64. The molecule has 1 aromatic rings. The van der Waals surface area contributed by atoms with Gasteiger partial charge in [0.2, 0.25) is 0 Å². The van der Waals surface area contributed by atoms with Crippen LogP contribution in [-0.4, -0.2) is 14.9 Å². The van der Waals surface area contributed by atoms with Gasteiger partial charge in [0.1, 0.15) is 5.75 Å². The van der Waals surface area contributed by atoms with E-state index in [2.05, 4.69) is 0 Å². The maximum absolute atomic E-state index is 12.1. The fraction of sp³-hybridized carbons (Fsp3) is 0.625. The number of rotatable bonds is 1. The second-order valence-electron chi connectivity index (χ2n) is 7.74. The molecule has 0 aliphatic carbocycles. The highest BCUT2D eigenvalue weighted by Gasteiger charge is 2.36. The zero-order chi connectivity index (χ0) is 17.0. The van der Waals surface area contributed by atoms with Gasteiger partial charge in [-0.15, -0.1) is 0 Å². The van der Waals surface area contributed by atoms with Crippen LogP contribution in [0.2, 0.25) is 0 Å². The van der Waals surface area contributed by atoms with E-state index in [0.29, 0.717) is 22.3 Å². The van der Waals surface area contributed by atoms with E-state index in [1.807, 2.05) is 41.5 Å². The Kier molecular flexibility index (Phi) is 4.44. The Bertz CT molecular complexity index is 613. The van der Waals surface area contributed by atoms with Gasteiger partial charge in [0.05, 0.1) is 5.30 Å². The number of phenols is 1. The molecular formula is C16H27O4P. The van der Waals surface area contributed by atoms with Gasteiger partial charge >= 0.3 is 7.60 Å². The molecule has 21 heavy (non-hydrogen) atoms. The van der Waals surface area contributed by atoms with Gasteiger partial charge < -0.3 is 14.9 Å². The molecule has 3 N–H and O–H groups in total. The van der Waals surface area contributed by atoms with Gasteiger partial charge in [-0.1, -0.05) is 41.5 Å². The zero-order valence-electron chi connectivity index (χ0n) is 14.2. The molecule has 0 amide bonds. The van der Waals surface area contributed by atoms with Crippen molar-refractivity contribution >= 4 is 12.9 Å². The van der Waals surface area contributed by atoms with E-state index >= 15 is 0 Å². The molecule has 120 valence electrons. The van der Waals surface area contributed by atoms with Crippen LogP contribution >= 0.6 is 7.60 Å². The molecule has 4 nitrogen and oxygen atoms in total. The smallest absolute Gasteiger partial charge is 0.356 e. The van der Waals surface area contributed by atoms with Crippen molar-refractivity contribution in [2.75, 3.05) is 0 Å². The SMILES string of the molecule is Cc1c(O)c(C(C)(C)C)c(C)c(P(=O)(O)O)c1C(C)(C)C. The van der Waals surface area contributed by atoms with Crippen molar-refractivity contribution < 1.29 is 19.5 Å². The first kappa shape index (κ1) is 18.2. The quantitative estimate of drug-likeness (QED) is 0.694. The molecule has 5 heteroatoms. The summed E-state index contributed by atoms with van der Waals surface area (Å²) in [7, 11) is -4.44. The van der Waals surface area contributed by atoms with E-state index in [1.54, 1.807) is 13.8 Å². The van der Waals surface area contributed by atoms with Crippen LogP contribution in [0.5, 0.6) is 5.75 Å². The van der Waals surface area contributed by atoms with E-state index in [1.165, 1.54) is 0 Å². The van der Waals surface area contributed by atoms with E-state index in [4.69, 9.17) is 0 Å². The lowest BCUT2D eigenvalue weighted by Crippen LogP contribution is -2.30. The lowest BCUT2D eigenvalue weighted by Gasteiger charge is -2.32. The monoisotopic (exact) mass is 314 g/mol. The fourth-order valence-corrected chi connectivity index (χ4v) is 4.51. The van der Waals surface area contributed by atoms with Crippen molar-refractivity contribution in [3.05, 3.63) is 22.3 Å². The molecule has 1 rings (SSSR count). The van der Waals surface area contributed by atoms with Crippen LogP contribution in [0, 0.1) is 13.8 Å². The molecule has 0 bridgehead atoms. The maximum Gasteiger partial charge on any atom is 0.356 e. The first-order chi connectivity index (χ1) is 9.10. The van der Waals surface area contributed by atoms with Gasteiger partial charge in [-0.3, -0.25) is 4.57 Å². The molecule has 0 unspecified atom stereocenters. The minimum Gasteiger partial charge on any atom is -0.507 e. The van der Waals surface area contributed by atoms with Crippen molar-refractivity contribution in [3.63, 3.8) is 0 Å². The van der Waals surface area contributed by atoms with E-state index in [-0.39, 0.29) is 11.1 Å². The van der Waals surface area contributed by atoms with Gasteiger partial charge in [-0.05, 0) is 41.4 Å². The molecular weight excluding hydrogens is 287 g/mol. The molecule has 0 saturated heterocycles. The van der Waals surface area contributed by atoms with Crippen LogP contribution in [0.3, 0.4) is 0 Å². The molecule has 0 fully saturated rings. The molecule has 0 aromatic heterocycles. The molecule has 0 spiro atoms. The van der Waals surface area contributed by atoms with Crippen molar-refractivity contribution in [2.45, 2.75) is 66.2 Å². The molecule has 0 saturated carbocycles. The Hall–Kier alpha value is -0.830. The summed E-state index contributed by atoms with van der Waals surface area (Å²) in [4.78, 5) is 19.7. The summed E-state index contributed by atoms with van der Waals surface area (Å²) in [6.07, 6.45) is 0. The highest BCUT2D eigenvalue weighted by Crippen LogP contribution is 2.47. The summed E-state index contributed by atoms with van der Waals surface area (Å²) >= 11 is 0. The summed E-state index contributed by atoms with van der Waals surface area (Å²) < 4.78 is 12.1. The van der Waals surface area contributed by atoms with Gasteiger partial charge in [0.25, 0.3) is 0 Å². The topological polar surface area (TPSA) is 77.8 Å². The molecule has 0 atom stereocenters. The molecule has 0 aliphatic heterocycles. The predicted octanol–water partition coefficient (Wildman–Crippen LogP) is 3.41. The van der Waals surface area contributed by atoms with Gasteiger partial charge in [0.15, 0.2) is 0 Å². The van der Waals surface area contributed by atoms with Crippen LogP contribution in [0.4, 0.5) is 0 Å². The largest absolute Gasteiger partial charge is 0.507 e. The fourth-order valence-electron chi connectivity index (χ4n) is 3.17. The summed E-state index contributed by atoms with van der Waals surface area (Å²) in [5.74, 6) is 0.141. The van der Waals surface area contributed by atoms with Crippen LogP contribution in [-0.2, 0) is 15.4 Å². The number of phenolic OH excluding ortho intramolecular Hbond substituents is 1. The molecule has 0 aliphatic rings. The molecule has 1 aromatic carbocycles. The van der Waals surface area contributed by atoms with Crippen molar-refractivity contribution in [1.29, 1.82) is 0 Å². The summed E-state index contributed by atoms with van der Waals surface area (Å²) in [5.41, 5.74) is 1.31. The minimum absolute atomic E-state index is 0.0650. The predicted molar refractivity (Wildman–Crippen MR) is 86.7 cm³/mol. The minimum atomic E-state index is -4.44. The molecule has 0 heterocycles. The summed E-state index contributed by atoms with van der Waals surface area (Å²) in [6.45, 7) is 14.9. The van der Waals surface area contributed by atoms with Crippen LogP contribution < -0.4 is 5.30 Å². The van der Waals surface area contributed by atoms with Gasteiger partial charge in [0, 0.05) is 5.56 Å². The standard InChI is InChI=1S/C16H27O4P/c1-9-12(16(6,7)8)14(21(18,19)20)10(2)11(13(9)17)15(3,4)5/h17H,1-8H3,(H2,18,19,20). The van der Waals surface area contributed by atoms with Crippen molar-refractivity contribution in [3.8, 4) is 5.75 Å². The Labute approximate surface area is 127 Å². The number of hydrogen-bond acceptors (Lipinski definition) is 2. The maximum atomic E-state index is 12.1. The lowest BCUT2D eigenvalue weighted by atomic mass is 9.76. The highest BCUT2D eigenvalue weighted by atomic mass is 31.2. The second kappa shape index (κ2) is 5.12. The van der Waals surface area contributed by atoms with E-state index < -0.39 is 18.4 Å². The summed E-state index contributed by atoms with van der Waals surface area (Å²) in [6, 6.07) is 0. The summed E-state index contributed by atoms with van der Waals surface area (Å²) in [5, 5.41) is 10.7. The number of aromatic hydroxyl groups is 1. The Morgan fingerprint density at radius 1 is 0.810 bits per heavy atom. The third kappa shape index (κ3) is 3.33. The number of benzene rings is 1. The van der Waals surface area contributed by atoms with E-state index in [9.17, 15) is 19.5 Å². The first-order valence-electron chi connectivity index (χ1n) is 7.03. The van der Waals surface area contributed by atoms with Crippen LogP contribution in [0.15, 0.2) is 0 Å². The van der Waals surface area contributed by atoms with E-state index in [0.717, 1.165) is 0 Å². The van der Waals surface area contributed by atoms with Crippen molar-refractivity contribution in [1.82, 2.24) is 0 Å². The third-order valence-corrected chi connectivity index (χ3v) is 4.87. The van der Waals surface area contributed by atoms with Crippen molar-refractivity contribution in [2.24, 2.45) is 0 Å². The average Bonchev–Trinajstić information content (AvgIpc) is 2.17. The zero-order valence-corrected chi connectivity index (χ0v) is 15.1. The number of hydrogen-bond donors (Lipinski definition) is 3. The average molecular weight is 314 g/mol. The third-order valence-electron chi connectivity index (χ3n) is 3.73. The highest BCUT2D eigenvalue weighted by molar-refractivity contribution is 7.60. The second-order valence-corrected chi connectivity index (χ2v) is 9.28.